The third kappa shape index (κ3) is 2.86. The molecule has 0 aromatic carbocycles. The van der Waals surface area contributed by atoms with E-state index in [1.165, 1.54) is 0 Å². The molecule has 1 aromatic heterocycles. The Morgan fingerprint density at radius 1 is 1.54 bits per heavy atom. The maximum atomic E-state index is 11.2. The zero-order valence-electron chi connectivity index (χ0n) is 7.95. The number of nitrogens with zero attached hydrogens (tertiary/aromatic N) is 1. The van der Waals surface area contributed by atoms with E-state index in [0.717, 1.165) is 12.0 Å². The quantitative estimate of drug-likeness (QED) is 0.750. The molecule has 0 aliphatic heterocycles. The highest BCUT2D eigenvalue weighted by molar-refractivity contribution is 5.78. The Hall–Kier alpha value is -1.38. The Labute approximate surface area is 78.2 Å². The van der Waals surface area contributed by atoms with Crippen LogP contribution in [0.15, 0.2) is 24.5 Å². The standard InChI is InChI=1S/C10H14N2O/c1-8(10(13)11-2)7-9-3-5-12-6-4-9/h3-6,8H,7H2,1-2H3,(H,11,13)/t8-/m0/s1. The zero-order valence-corrected chi connectivity index (χ0v) is 7.95. The highest BCUT2D eigenvalue weighted by atomic mass is 16.1. The maximum Gasteiger partial charge on any atom is 0.222 e. The van der Waals surface area contributed by atoms with E-state index in [9.17, 15) is 4.79 Å². The fourth-order valence-corrected chi connectivity index (χ4v) is 1.21. The van der Waals surface area contributed by atoms with Crippen molar-refractivity contribution in [2.24, 2.45) is 5.92 Å². The van der Waals surface area contributed by atoms with Crippen molar-refractivity contribution < 1.29 is 4.79 Å². The van der Waals surface area contributed by atoms with E-state index in [2.05, 4.69) is 10.3 Å². The minimum Gasteiger partial charge on any atom is -0.359 e. The Bertz CT molecular complexity index is 272. The average molecular weight is 178 g/mol. The van der Waals surface area contributed by atoms with Gasteiger partial charge in [-0.25, -0.2) is 0 Å². The summed E-state index contributed by atoms with van der Waals surface area (Å²) < 4.78 is 0. The second-order valence-corrected chi connectivity index (χ2v) is 3.07. The molecule has 1 aromatic rings. The van der Waals surface area contributed by atoms with Gasteiger partial charge in [-0.1, -0.05) is 6.92 Å². The van der Waals surface area contributed by atoms with Crippen LogP contribution in [0.4, 0.5) is 0 Å². The van der Waals surface area contributed by atoms with Gasteiger partial charge in [0, 0.05) is 25.4 Å². The monoisotopic (exact) mass is 178 g/mol. The summed E-state index contributed by atoms with van der Waals surface area (Å²) in [5.74, 6) is 0.101. The Morgan fingerprint density at radius 3 is 2.69 bits per heavy atom. The van der Waals surface area contributed by atoms with Crippen molar-refractivity contribution >= 4 is 5.91 Å². The van der Waals surface area contributed by atoms with E-state index in [1.807, 2.05) is 19.1 Å². The highest BCUT2D eigenvalue weighted by Gasteiger charge is 2.10. The smallest absolute Gasteiger partial charge is 0.222 e. The zero-order chi connectivity index (χ0) is 9.68. The van der Waals surface area contributed by atoms with Crippen molar-refractivity contribution in [2.45, 2.75) is 13.3 Å². The summed E-state index contributed by atoms with van der Waals surface area (Å²) in [7, 11) is 1.66. The van der Waals surface area contributed by atoms with Gasteiger partial charge < -0.3 is 5.32 Å². The summed E-state index contributed by atoms with van der Waals surface area (Å²) in [5.41, 5.74) is 1.14. The van der Waals surface area contributed by atoms with Gasteiger partial charge in [-0.15, -0.1) is 0 Å². The van der Waals surface area contributed by atoms with Crippen LogP contribution in [0.3, 0.4) is 0 Å². The first-order valence-electron chi connectivity index (χ1n) is 4.34. The number of amides is 1. The van der Waals surface area contributed by atoms with Gasteiger partial charge in [-0.05, 0) is 24.1 Å². The number of aromatic nitrogens is 1. The first kappa shape index (κ1) is 9.71. The third-order valence-electron chi connectivity index (χ3n) is 1.99. The second kappa shape index (κ2) is 4.60. The average Bonchev–Trinajstić information content (AvgIpc) is 2.18. The van der Waals surface area contributed by atoms with Gasteiger partial charge in [0.05, 0.1) is 0 Å². The minimum absolute atomic E-state index is 0.0207. The lowest BCUT2D eigenvalue weighted by atomic mass is 10.0. The second-order valence-electron chi connectivity index (χ2n) is 3.07. The van der Waals surface area contributed by atoms with Crippen molar-refractivity contribution in [3.8, 4) is 0 Å². The van der Waals surface area contributed by atoms with Crippen LogP contribution in [0.1, 0.15) is 12.5 Å². The van der Waals surface area contributed by atoms with Gasteiger partial charge in [0.25, 0.3) is 0 Å². The lowest BCUT2D eigenvalue weighted by molar-refractivity contribution is -0.123. The molecule has 0 spiro atoms. The van der Waals surface area contributed by atoms with Gasteiger partial charge in [0.15, 0.2) is 0 Å². The van der Waals surface area contributed by atoms with E-state index in [1.54, 1.807) is 19.4 Å². The SMILES string of the molecule is CNC(=O)[C@@H](C)Cc1ccncc1. The van der Waals surface area contributed by atoms with Crippen LogP contribution in [0.5, 0.6) is 0 Å². The molecule has 1 heterocycles. The van der Waals surface area contributed by atoms with E-state index in [4.69, 9.17) is 0 Å². The highest BCUT2D eigenvalue weighted by Crippen LogP contribution is 2.06. The fourth-order valence-electron chi connectivity index (χ4n) is 1.21. The van der Waals surface area contributed by atoms with Crippen molar-refractivity contribution in [3.05, 3.63) is 30.1 Å². The summed E-state index contributed by atoms with van der Waals surface area (Å²) in [6, 6.07) is 3.86. The predicted octanol–water partition coefficient (Wildman–Crippen LogP) is 1.01. The topological polar surface area (TPSA) is 42.0 Å². The number of carbonyl (C=O) groups excluding carboxylic acids is 1. The summed E-state index contributed by atoms with van der Waals surface area (Å²) in [4.78, 5) is 15.1. The van der Waals surface area contributed by atoms with Gasteiger partial charge >= 0.3 is 0 Å². The van der Waals surface area contributed by atoms with Crippen LogP contribution in [0.25, 0.3) is 0 Å². The predicted molar refractivity (Wildman–Crippen MR) is 51.2 cm³/mol. The molecule has 0 radical (unpaired) electrons. The summed E-state index contributed by atoms with van der Waals surface area (Å²) in [6.45, 7) is 1.92. The van der Waals surface area contributed by atoms with Crippen molar-refractivity contribution in [1.82, 2.24) is 10.3 Å². The lowest BCUT2D eigenvalue weighted by Crippen LogP contribution is -2.26. The van der Waals surface area contributed by atoms with E-state index >= 15 is 0 Å². The Balaban J connectivity index is 2.55. The molecule has 1 rings (SSSR count). The van der Waals surface area contributed by atoms with Crippen LogP contribution in [0.2, 0.25) is 0 Å². The molecule has 0 saturated heterocycles. The minimum atomic E-state index is 0.0207. The van der Waals surface area contributed by atoms with Gasteiger partial charge in [-0.3, -0.25) is 9.78 Å². The van der Waals surface area contributed by atoms with Crippen LogP contribution in [0, 0.1) is 5.92 Å². The van der Waals surface area contributed by atoms with Crippen LogP contribution >= 0.6 is 0 Å². The molecule has 1 N–H and O–H groups in total. The number of nitrogens with one attached hydrogen (secondary N) is 1. The third-order valence-corrected chi connectivity index (χ3v) is 1.99. The molecule has 0 saturated carbocycles. The van der Waals surface area contributed by atoms with Crippen molar-refractivity contribution in [2.75, 3.05) is 7.05 Å². The summed E-state index contributed by atoms with van der Waals surface area (Å²) >= 11 is 0. The lowest BCUT2D eigenvalue weighted by Gasteiger charge is -2.08. The molecule has 1 amide bonds. The molecule has 3 nitrogen and oxygen atoms in total. The molecule has 0 bridgehead atoms. The Kier molecular flexibility index (Phi) is 3.43. The summed E-state index contributed by atoms with van der Waals surface area (Å²) in [6.07, 6.45) is 4.25. The molecular weight excluding hydrogens is 164 g/mol. The molecule has 0 unspecified atom stereocenters. The molecule has 1 atom stereocenters. The number of carbonyl (C=O) groups is 1. The molecule has 13 heavy (non-hydrogen) atoms. The van der Waals surface area contributed by atoms with Crippen LogP contribution in [-0.4, -0.2) is 17.9 Å². The van der Waals surface area contributed by atoms with E-state index in [-0.39, 0.29) is 11.8 Å². The first-order valence-corrected chi connectivity index (χ1v) is 4.34. The largest absolute Gasteiger partial charge is 0.359 e. The molecule has 0 aliphatic carbocycles. The molecule has 70 valence electrons. The van der Waals surface area contributed by atoms with E-state index in [0.29, 0.717) is 0 Å². The Morgan fingerprint density at radius 2 is 2.15 bits per heavy atom. The molecular formula is C10H14N2O. The van der Waals surface area contributed by atoms with Gasteiger partial charge in [0.1, 0.15) is 0 Å². The number of pyridine rings is 1. The molecule has 3 heteroatoms. The maximum absolute atomic E-state index is 11.2. The number of hydrogen-bond acceptors (Lipinski definition) is 2. The van der Waals surface area contributed by atoms with E-state index < -0.39 is 0 Å². The molecule has 0 fully saturated rings. The van der Waals surface area contributed by atoms with Crippen molar-refractivity contribution in [1.29, 1.82) is 0 Å². The van der Waals surface area contributed by atoms with Crippen LogP contribution in [-0.2, 0) is 11.2 Å². The first-order chi connectivity index (χ1) is 6.24. The number of hydrogen-bond donors (Lipinski definition) is 1. The van der Waals surface area contributed by atoms with Gasteiger partial charge in [0.2, 0.25) is 5.91 Å². The summed E-state index contributed by atoms with van der Waals surface area (Å²) in [5, 5.41) is 2.63. The van der Waals surface area contributed by atoms with Crippen LogP contribution < -0.4 is 5.32 Å². The normalized spacial score (nSPS) is 12.2. The molecule has 0 aliphatic rings. The van der Waals surface area contributed by atoms with Gasteiger partial charge in [-0.2, -0.15) is 0 Å². The van der Waals surface area contributed by atoms with Crippen molar-refractivity contribution in [3.63, 3.8) is 0 Å². The fraction of sp³-hybridized carbons (Fsp3) is 0.400. The number of rotatable bonds is 3.